The third-order valence-electron chi connectivity index (χ3n) is 3.62. The zero-order chi connectivity index (χ0) is 11.4. The molecule has 2 rings (SSSR count). The zero-order valence-corrected chi connectivity index (χ0v) is 11.0. The maximum atomic E-state index is 9.63. The fourth-order valence-corrected chi connectivity index (χ4v) is 3.80. The minimum absolute atomic E-state index is 0.0139. The van der Waals surface area contributed by atoms with Crippen molar-refractivity contribution >= 4 is 11.8 Å². The Kier molecular flexibility index (Phi) is 4.53. The molecule has 0 saturated carbocycles. The Balaban J connectivity index is 1.89. The van der Waals surface area contributed by atoms with Gasteiger partial charge in [-0.3, -0.25) is 0 Å². The van der Waals surface area contributed by atoms with Crippen molar-refractivity contribution in [2.45, 2.75) is 25.0 Å². The highest BCUT2D eigenvalue weighted by Gasteiger charge is 2.35. The summed E-state index contributed by atoms with van der Waals surface area (Å²) in [7, 11) is 0. The SMILES string of the molecule is CC1CN(CC2(CO)CCCOC2)CCS1. The Labute approximate surface area is 103 Å². The molecule has 2 aliphatic heterocycles. The molecule has 0 spiro atoms. The molecule has 0 aromatic heterocycles. The van der Waals surface area contributed by atoms with Crippen molar-refractivity contribution < 1.29 is 9.84 Å². The van der Waals surface area contributed by atoms with Crippen LogP contribution in [0.3, 0.4) is 0 Å². The van der Waals surface area contributed by atoms with Gasteiger partial charge in [-0.15, -0.1) is 0 Å². The first-order valence-corrected chi connectivity index (χ1v) is 7.32. The molecule has 0 amide bonds. The van der Waals surface area contributed by atoms with Gasteiger partial charge in [0.15, 0.2) is 0 Å². The second kappa shape index (κ2) is 5.71. The molecule has 3 nitrogen and oxygen atoms in total. The maximum Gasteiger partial charge on any atom is 0.0556 e. The van der Waals surface area contributed by atoms with Crippen molar-refractivity contribution in [2.75, 3.05) is 45.2 Å². The standard InChI is InChI=1S/C12H23NO2S/c1-11-7-13(4-6-16-11)8-12(9-14)3-2-5-15-10-12/h11,14H,2-10H2,1H3. The Bertz CT molecular complexity index is 219. The van der Waals surface area contributed by atoms with Crippen LogP contribution in [0.5, 0.6) is 0 Å². The number of thioether (sulfide) groups is 1. The molecule has 4 heteroatoms. The molecular weight excluding hydrogens is 222 g/mol. The lowest BCUT2D eigenvalue weighted by Gasteiger charge is -2.41. The first kappa shape index (κ1) is 12.7. The van der Waals surface area contributed by atoms with E-state index in [9.17, 15) is 5.11 Å². The van der Waals surface area contributed by atoms with E-state index in [1.54, 1.807) is 0 Å². The molecule has 0 radical (unpaired) electrons. The van der Waals surface area contributed by atoms with Crippen LogP contribution in [0.2, 0.25) is 0 Å². The van der Waals surface area contributed by atoms with E-state index >= 15 is 0 Å². The molecule has 0 aliphatic carbocycles. The van der Waals surface area contributed by atoms with Gasteiger partial charge in [0.25, 0.3) is 0 Å². The third kappa shape index (κ3) is 3.13. The van der Waals surface area contributed by atoms with Gasteiger partial charge in [0.1, 0.15) is 0 Å². The van der Waals surface area contributed by atoms with Gasteiger partial charge in [-0.2, -0.15) is 11.8 Å². The van der Waals surface area contributed by atoms with E-state index in [1.807, 2.05) is 0 Å². The molecule has 2 atom stereocenters. The van der Waals surface area contributed by atoms with Crippen LogP contribution in [-0.2, 0) is 4.74 Å². The lowest BCUT2D eigenvalue weighted by Crippen LogP contribution is -2.49. The van der Waals surface area contributed by atoms with Gasteiger partial charge in [-0.1, -0.05) is 6.92 Å². The van der Waals surface area contributed by atoms with Crippen LogP contribution in [0.1, 0.15) is 19.8 Å². The van der Waals surface area contributed by atoms with E-state index in [0.29, 0.717) is 0 Å². The van der Waals surface area contributed by atoms with E-state index < -0.39 is 0 Å². The number of rotatable bonds is 3. The van der Waals surface area contributed by atoms with Crippen LogP contribution in [0.25, 0.3) is 0 Å². The summed E-state index contributed by atoms with van der Waals surface area (Å²) in [6, 6.07) is 0. The molecule has 0 aromatic carbocycles. The van der Waals surface area contributed by atoms with Crippen molar-refractivity contribution in [2.24, 2.45) is 5.41 Å². The van der Waals surface area contributed by atoms with Crippen molar-refractivity contribution in [1.29, 1.82) is 0 Å². The molecule has 2 fully saturated rings. The van der Waals surface area contributed by atoms with Gasteiger partial charge in [0.05, 0.1) is 13.2 Å². The van der Waals surface area contributed by atoms with Crippen LogP contribution >= 0.6 is 11.8 Å². The van der Waals surface area contributed by atoms with E-state index in [-0.39, 0.29) is 12.0 Å². The normalized spacial score (nSPS) is 37.5. The monoisotopic (exact) mass is 245 g/mol. The summed E-state index contributed by atoms with van der Waals surface area (Å²) in [5.74, 6) is 1.23. The summed E-state index contributed by atoms with van der Waals surface area (Å²) >= 11 is 2.05. The van der Waals surface area contributed by atoms with Gasteiger partial charge in [0.2, 0.25) is 0 Å². The van der Waals surface area contributed by atoms with Crippen LogP contribution < -0.4 is 0 Å². The molecule has 1 N–H and O–H groups in total. The van der Waals surface area contributed by atoms with Crippen molar-refractivity contribution in [1.82, 2.24) is 4.90 Å². The fourth-order valence-electron chi connectivity index (χ4n) is 2.72. The highest BCUT2D eigenvalue weighted by atomic mass is 32.2. The average Bonchev–Trinajstić information content (AvgIpc) is 2.30. The van der Waals surface area contributed by atoms with Gasteiger partial charge in [-0.05, 0) is 12.8 Å². The van der Waals surface area contributed by atoms with Crippen molar-refractivity contribution in [3.05, 3.63) is 0 Å². The summed E-state index contributed by atoms with van der Waals surface area (Å²) in [6.07, 6.45) is 2.21. The highest BCUT2D eigenvalue weighted by molar-refractivity contribution is 7.99. The molecule has 0 aromatic rings. The molecule has 2 heterocycles. The zero-order valence-electron chi connectivity index (χ0n) is 10.2. The quantitative estimate of drug-likeness (QED) is 0.810. The summed E-state index contributed by atoms with van der Waals surface area (Å²) in [5, 5.41) is 10.4. The number of nitrogens with zero attached hydrogens (tertiary/aromatic N) is 1. The number of aliphatic hydroxyl groups is 1. The molecular formula is C12H23NO2S. The third-order valence-corrected chi connectivity index (χ3v) is 4.76. The van der Waals surface area contributed by atoms with E-state index in [2.05, 4.69) is 23.6 Å². The summed E-state index contributed by atoms with van der Waals surface area (Å²) in [4.78, 5) is 2.51. The minimum atomic E-state index is 0.0139. The first-order chi connectivity index (χ1) is 7.74. The molecule has 2 saturated heterocycles. The average molecular weight is 245 g/mol. The van der Waals surface area contributed by atoms with Crippen LogP contribution in [-0.4, -0.2) is 60.5 Å². The molecule has 0 bridgehead atoms. The largest absolute Gasteiger partial charge is 0.396 e. The number of hydrogen-bond donors (Lipinski definition) is 1. The Morgan fingerprint density at radius 3 is 3.06 bits per heavy atom. The number of aliphatic hydroxyl groups excluding tert-OH is 1. The summed E-state index contributed by atoms with van der Waals surface area (Å²) in [6.45, 7) is 7.50. The van der Waals surface area contributed by atoms with Crippen LogP contribution in [0, 0.1) is 5.41 Å². The smallest absolute Gasteiger partial charge is 0.0556 e. The Hall–Kier alpha value is 0.230. The molecule has 94 valence electrons. The lowest BCUT2D eigenvalue weighted by molar-refractivity contribution is -0.0547. The van der Waals surface area contributed by atoms with Gasteiger partial charge >= 0.3 is 0 Å². The van der Waals surface area contributed by atoms with E-state index in [4.69, 9.17) is 4.74 Å². The Morgan fingerprint density at radius 2 is 2.44 bits per heavy atom. The number of hydrogen-bond acceptors (Lipinski definition) is 4. The van der Waals surface area contributed by atoms with Crippen LogP contribution in [0.4, 0.5) is 0 Å². The molecule has 2 unspecified atom stereocenters. The van der Waals surface area contributed by atoms with E-state index in [1.165, 1.54) is 5.75 Å². The summed E-state index contributed by atoms with van der Waals surface area (Å²) < 4.78 is 5.55. The maximum absolute atomic E-state index is 9.63. The predicted octanol–water partition coefficient (Wildman–Crippen LogP) is 1.21. The number of ether oxygens (including phenoxy) is 1. The molecule has 16 heavy (non-hydrogen) atoms. The van der Waals surface area contributed by atoms with Gasteiger partial charge in [0, 0.05) is 42.7 Å². The first-order valence-electron chi connectivity index (χ1n) is 6.27. The topological polar surface area (TPSA) is 32.7 Å². The van der Waals surface area contributed by atoms with Crippen molar-refractivity contribution in [3.63, 3.8) is 0 Å². The lowest BCUT2D eigenvalue weighted by atomic mass is 9.82. The highest BCUT2D eigenvalue weighted by Crippen LogP contribution is 2.30. The second-order valence-electron chi connectivity index (χ2n) is 5.23. The predicted molar refractivity (Wildman–Crippen MR) is 67.9 cm³/mol. The second-order valence-corrected chi connectivity index (χ2v) is 6.78. The Morgan fingerprint density at radius 1 is 1.56 bits per heavy atom. The van der Waals surface area contributed by atoms with Gasteiger partial charge < -0.3 is 14.7 Å². The van der Waals surface area contributed by atoms with Gasteiger partial charge in [-0.25, -0.2) is 0 Å². The minimum Gasteiger partial charge on any atom is -0.396 e. The van der Waals surface area contributed by atoms with Crippen LogP contribution in [0.15, 0.2) is 0 Å². The van der Waals surface area contributed by atoms with Crippen molar-refractivity contribution in [3.8, 4) is 0 Å². The van der Waals surface area contributed by atoms with E-state index in [0.717, 1.165) is 50.9 Å². The molecule has 2 aliphatic rings. The fraction of sp³-hybridized carbons (Fsp3) is 1.00. The summed E-state index contributed by atoms with van der Waals surface area (Å²) in [5.41, 5.74) is 0.0139.